The summed E-state index contributed by atoms with van der Waals surface area (Å²) in [5, 5.41) is 6.16. The zero-order valence-corrected chi connectivity index (χ0v) is 9.44. The number of aromatic nitrogens is 1. The summed E-state index contributed by atoms with van der Waals surface area (Å²) in [4.78, 5) is 15.9. The van der Waals surface area contributed by atoms with E-state index in [0.717, 1.165) is 25.1 Å². The number of nitrogens with zero attached hydrogens (tertiary/aromatic N) is 1. The highest BCUT2D eigenvalue weighted by Gasteiger charge is 2.27. The Balaban J connectivity index is 1.97. The molecule has 86 valence electrons. The van der Waals surface area contributed by atoms with Crippen molar-refractivity contribution >= 4 is 11.6 Å². The third-order valence-corrected chi connectivity index (χ3v) is 3.00. The van der Waals surface area contributed by atoms with Crippen molar-refractivity contribution in [2.24, 2.45) is 5.92 Å². The average molecular weight is 219 g/mol. The van der Waals surface area contributed by atoms with Crippen LogP contribution in [0.3, 0.4) is 0 Å². The van der Waals surface area contributed by atoms with Gasteiger partial charge < -0.3 is 10.6 Å². The monoisotopic (exact) mass is 219 g/mol. The molecule has 2 rings (SSSR count). The van der Waals surface area contributed by atoms with Crippen molar-refractivity contribution in [1.29, 1.82) is 0 Å². The first kappa shape index (κ1) is 11.1. The molecule has 2 atom stereocenters. The largest absolute Gasteiger partial charge is 0.325 e. The number of hydrogen-bond donors (Lipinski definition) is 2. The number of piperidine rings is 1. The van der Waals surface area contributed by atoms with Gasteiger partial charge in [0.25, 0.3) is 0 Å². The van der Waals surface area contributed by atoms with Crippen LogP contribution in [0.1, 0.15) is 19.8 Å². The van der Waals surface area contributed by atoms with Crippen LogP contribution in [0.2, 0.25) is 0 Å². The lowest BCUT2D eigenvalue weighted by molar-refractivity contribution is -0.119. The van der Waals surface area contributed by atoms with Crippen LogP contribution in [0.5, 0.6) is 0 Å². The lowest BCUT2D eigenvalue weighted by Gasteiger charge is -2.28. The van der Waals surface area contributed by atoms with Gasteiger partial charge in [-0.15, -0.1) is 0 Å². The van der Waals surface area contributed by atoms with Gasteiger partial charge in [-0.2, -0.15) is 0 Å². The van der Waals surface area contributed by atoms with Gasteiger partial charge in [0.05, 0.1) is 6.04 Å². The summed E-state index contributed by atoms with van der Waals surface area (Å²) in [7, 11) is 0. The first-order valence-electron chi connectivity index (χ1n) is 5.71. The molecular weight excluding hydrogens is 202 g/mol. The zero-order valence-electron chi connectivity index (χ0n) is 9.44. The topological polar surface area (TPSA) is 54.0 Å². The predicted molar refractivity (Wildman–Crippen MR) is 63.1 cm³/mol. The minimum absolute atomic E-state index is 0.0541. The van der Waals surface area contributed by atoms with Crippen molar-refractivity contribution < 1.29 is 4.79 Å². The van der Waals surface area contributed by atoms with Gasteiger partial charge in [-0.25, -0.2) is 0 Å². The van der Waals surface area contributed by atoms with Crippen LogP contribution in [-0.2, 0) is 4.79 Å². The minimum atomic E-state index is -0.0677. The Bertz CT molecular complexity index is 353. The fourth-order valence-electron chi connectivity index (χ4n) is 2.06. The van der Waals surface area contributed by atoms with Crippen molar-refractivity contribution in [3.63, 3.8) is 0 Å². The molecule has 2 unspecified atom stereocenters. The van der Waals surface area contributed by atoms with Crippen molar-refractivity contribution in [2.75, 3.05) is 11.9 Å². The van der Waals surface area contributed by atoms with E-state index in [0.29, 0.717) is 5.92 Å². The molecule has 4 nitrogen and oxygen atoms in total. The zero-order chi connectivity index (χ0) is 11.4. The fraction of sp³-hybridized carbons (Fsp3) is 0.500. The number of amides is 1. The Morgan fingerprint density at radius 3 is 2.94 bits per heavy atom. The molecule has 0 bridgehead atoms. The molecule has 1 fully saturated rings. The second-order valence-electron chi connectivity index (χ2n) is 4.28. The molecule has 1 aliphatic rings. The standard InChI is InChI=1S/C12H17N3O/c1-9-3-2-6-14-11(9)12(16)15-10-4-7-13-8-5-10/h4-5,7-9,11,14H,2-3,6H2,1H3,(H,13,15,16). The maximum atomic E-state index is 12.0. The third-order valence-electron chi connectivity index (χ3n) is 3.00. The Labute approximate surface area is 95.5 Å². The molecule has 0 aliphatic carbocycles. The van der Waals surface area contributed by atoms with E-state index in [9.17, 15) is 4.79 Å². The molecule has 0 saturated carbocycles. The first-order chi connectivity index (χ1) is 7.77. The molecule has 16 heavy (non-hydrogen) atoms. The van der Waals surface area contributed by atoms with E-state index in [2.05, 4.69) is 22.5 Å². The van der Waals surface area contributed by atoms with Gasteiger partial charge in [0.1, 0.15) is 0 Å². The van der Waals surface area contributed by atoms with Crippen LogP contribution in [0.15, 0.2) is 24.5 Å². The maximum Gasteiger partial charge on any atom is 0.241 e. The van der Waals surface area contributed by atoms with Crippen LogP contribution in [0.4, 0.5) is 5.69 Å². The second-order valence-corrected chi connectivity index (χ2v) is 4.28. The highest BCUT2D eigenvalue weighted by atomic mass is 16.2. The molecule has 1 aromatic heterocycles. The minimum Gasteiger partial charge on any atom is -0.325 e. The number of nitrogens with one attached hydrogen (secondary N) is 2. The summed E-state index contributed by atoms with van der Waals surface area (Å²) >= 11 is 0. The molecule has 1 saturated heterocycles. The van der Waals surface area contributed by atoms with Gasteiger partial charge in [-0.3, -0.25) is 9.78 Å². The Hall–Kier alpha value is -1.42. The van der Waals surface area contributed by atoms with Crippen molar-refractivity contribution in [3.8, 4) is 0 Å². The number of pyridine rings is 1. The van der Waals surface area contributed by atoms with Gasteiger partial charge in [-0.1, -0.05) is 6.92 Å². The summed E-state index contributed by atoms with van der Waals surface area (Å²) < 4.78 is 0. The average Bonchev–Trinajstić information content (AvgIpc) is 2.31. The normalized spacial score (nSPS) is 25.1. The van der Waals surface area contributed by atoms with E-state index < -0.39 is 0 Å². The van der Waals surface area contributed by atoms with Gasteiger partial charge in [0.2, 0.25) is 5.91 Å². The summed E-state index contributed by atoms with van der Waals surface area (Å²) in [6, 6.07) is 3.53. The molecule has 1 aromatic rings. The molecule has 0 radical (unpaired) electrons. The van der Waals surface area contributed by atoms with E-state index in [1.54, 1.807) is 24.5 Å². The molecule has 1 amide bonds. The molecule has 0 spiro atoms. The number of hydrogen-bond acceptors (Lipinski definition) is 3. The van der Waals surface area contributed by atoms with Gasteiger partial charge >= 0.3 is 0 Å². The van der Waals surface area contributed by atoms with Crippen molar-refractivity contribution in [2.45, 2.75) is 25.8 Å². The quantitative estimate of drug-likeness (QED) is 0.790. The van der Waals surface area contributed by atoms with Crippen LogP contribution in [0.25, 0.3) is 0 Å². The fourth-order valence-corrected chi connectivity index (χ4v) is 2.06. The van der Waals surface area contributed by atoms with Gasteiger partial charge in [0, 0.05) is 18.1 Å². The third kappa shape index (κ3) is 2.58. The lowest BCUT2D eigenvalue weighted by Crippen LogP contribution is -2.48. The highest BCUT2D eigenvalue weighted by molar-refractivity contribution is 5.95. The van der Waals surface area contributed by atoms with E-state index in [-0.39, 0.29) is 11.9 Å². The number of carbonyl (C=O) groups excluding carboxylic acids is 1. The van der Waals surface area contributed by atoms with E-state index in [4.69, 9.17) is 0 Å². The predicted octanol–water partition coefficient (Wildman–Crippen LogP) is 1.41. The van der Waals surface area contributed by atoms with Crippen LogP contribution in [0, 0.1) is 5.92 Å². The molecule has 2 N–H and O–H groups in total. The molecule has 2 heterocycles. The molecular formula is C12H17N3O. The number of rotatable bonds is 2. The van der Waals surface area contributed by atoms with Crippen LogP contribution < -0.4 is 10.6 Å². The smallest absolute Gasteiger partial charge is 0.241 e. The number of carbonyl (C=O) groups is 1. The molecule has 4 heteroatoms. The SMILES string of the molecule is CC1CCCNC1C(=O)Nc1ccncc1. The summed E-state index contributed by atoms with van der Waals surface area (Å²) in [6.45, 7) is 3.04. The second kappa shape index (κ2) is 5.07. The summed E-state index contributed by atoms with van der Waals surface area (Å²) in [5.41, 5.74) is 0.805. The highest BCUT2D eigenvalue weighted by Crippen LogP contribution is 2.17. The van der Waals surface area contributed by atoms with E-state index in [1.807, 2.05) is 0 Å². The van der Waals surface area contributed by atoms with Crippen LogP contribution in [-0.4, -0.2) is 23.5 Å². The molecule has 0 aromatic carbocycles. The van der Waals surface area contributed by atoms with Crippen molar-refractivity contribution in [3.05, 3.63) is 24.5 Å². The Morgan fingerprint density at radius 2 is 2.25 bits per heavy atom. The maximum absolute atomic E-state index is 12.0. The summed E-state index contributed by atoms with van der Waals surface area (Å²) in [5.74, 6) is 0.453. The lowest BCUT2D eigenvalue weighted by atomic mass is 9.92. The Morgan fingerprint density at radius 1 is 1.50 bits per heavy atom. The summed E-state index contributed by atoms with van der Waals surface area (Å²) in [6.07, 6.45) is 5.61. The van der Waals surface area contributed by atoms with Gasteiger partial charge in [0.15, 0.2) is 0 Å². The Kier molecular flexibility index (Phi) is 3.51. The first-order valence-corrected chi connectivity index (χ1v) is 5.71. The van der Waals surface area contributed by atoms with Gasteiger partial charge in [-0.05, 0) is 37.4 Å². The van der Waals surface area contributed by atoms with Crippen LogP contribution >= 0.6 is 0 Å². The van der Waals surface area contributed by atoms with Crippen molar-refractivity contribution in [1.82, 2.24) is 10.3 Å². The van der Waals surface area contributed by atoms with E-state index >= 15 is 0 Å². The van der Waals surface area contributed by atoms with E-state index in [1.165, 1.54) is 0 Å². The molecule has 1 aliphatic heterocycles. The number of anilines is 1.